The number of amides is 2. The molecule has 0 unspecified atom stereocenters. The standard InChI is InChI=1S/C14H12ClN3O5/c15-10-4-3-9(8-11(10)18(21)22)17-13(19)5-6-16-14(20)12-2-1-7-23-12/h1-4,7-8H,5-6H2,(H,16,20)(H,17,19). The third kappa shape index (κ3) is 4.55. The van der Waals surface area contributed by atoms with E-state index in [2.05, 4.69) is 10.6 Å². The molecule has 2 aromatic rings. The Labute approximate surface area is 135 Å². The maximum Gasteiger partial charge on any atom is 0.289 e. The van der Waals surface area contributed by atoms with E-state index in [-0.39, 0.29) is 35.1 Å². The highest BCUT2D eigenvalue weighted by Crippen LogP contribution is 2.27. The fourth-order valence-corrected chi connectivity index (χ4v) is 1.92. The summed E-state index contributed by atoms with van der Waals surface area (Å²) in [5.41, 5.74) is -0.0425. The Balaban J connectivity index is 1.84. The molecule has 0 bridgehead atoms. The quantitative estimate of drug-likeness (QED) is 0.621. The summed E-state index contributed by atoms with van der Waals surface area (Å²) in [6.45, 7) is 0.0983. The van der Waals surface area contributed by atoms with Crippen molar-refractivity contribution in [3.63, 3.8) is 0 Å². The summed E-state index contributed by atoms with van der Waals surface area (Å²) in [5.74, 6) is -0.676. The highest BCUT2D eigenvalue weighted by molar-refractivity contribution is 6.32. The molecule has 0 aliphatic carbocycles. The fourth-order valence-electron chi connectivity index (χ4n) is 1.74. The Kier molecular flexibility index (Phi) is 5.32. The van der Waals surface area contributed by atoms with Crippen LogP contribution in [0, 0.1) is 10.1 Å². The van der Waals surface area contributed by atoms with Gasteiger partial charge in [-0.05, 0) is 24.3 Å². The van der Waals surface area contributed by atoms with E-state index in [1.54, 1.807) is 6.07 Å². The van der Waals surface area contributed by atoms with Crippen LogP contribution in [-0.4, -0.2) is 23.3 Å². The van der Waals surface area contributed by atoms with E-state index in [0.717, 1.165) is 0 Å². The number of hydrogen-bond donors (Lipinski definition) is 2. The average molecular weight is 338 g/mol. The highest BCUT2D eigenvalue weighted by atomic mass is 35.5. The Morgan fingerprint density at radius 3 is 2.74 bits per heavy atom. The zero-order chi connectivity index (χ0) is 16.8. The van der Waals surface area contributed by atoms with Crippen molar-refractivity contribution in [1.82, 2.24) is 5.32 Å². The molecule has 2 rings (SSSR count). The number of nitrogens with one attached hydrogen (secondary N) is 2. The number of benzene rings is 1. The molecule has 1 heterocycles. The lowest BCUT2D eigenvalue weighted by molar-refractivity contribution is -0.384. The third-order valence-corrected chi connectivity index (χ3v) is 3.13. The molecule has 0 radical (unpaired) electrons. The van der Waals surface area contributed by atoms with E-state index in [9.17, 15) is 19.7 Å². The molecule has 0 atom stereocenters. The van der Waals surface area contributed by atoms with Crippen LogP contribution in [0.1, 0.15) is 17.0 Å². The molecule has 0 spiro atoms. The van der Waals surface area contributed by atoms with Crippen LogP contribution in [-0.2, 0) is 4.79 Å². The first-order valence-corrected chi connectivity index (χ1v) is 6.90. The topological polar surface area (TPSA) is 114 Å². The maximum absolute atomic E-state index is 11.8. The van der Waals surface area contributed by atoms with Gasteiger partial charge in [-0.15, -0.1) is 0 Å². The molecular formula is C14H12ClN3O5. The second-order valence-corrected chi connectivity index (χ2v) is 4.86. The van der Waals surface area contributed by atoms with Crippen LogP contribution in [0.25, 0.3) is 0 Å². The Hall–Kier alpha value is -2.87. The molecule has 0 fully saturated rings. The highest BCUT2D eigenvalue weighted by Gasteiger charge is 2.14. The molecular weight excluding hydrogens is 326 g/mol. The molecule has 120 valence electrons. The van der Waals surface area contributed by atoms with Gasteiger partial charge in [0, 0.05) is 24.7 Å². The molecule has 23 heavy (non-hydrogen) atoms. The van der Waals surface area contributed by atoms with Crippen molar-refractivity contribution < 1.29 is 18.9 Å². The van der Waals surface area contributed by atoms with Gasteiger partial charge in [-0.2, -0.15) is 0 Å². The number of halogens is 1. The van der Waals surface area contributed by atoms with Crippen LogP contribution >= 0.6 is 11.6 Å². The lowest BCUT2D eigenvalue weighted by atomic mass is 10.2. The van der Waals surface area contributed by atoms with E-state index in [1.165, 1.54) is 30.5 Å². The van der Waals surface area contributed by atoms with Gasteiger partial charge in [-0.1, -0.05) is 11.6 Å². The molecule has 9 heteroatoms. The van der Waals surface area contributed by atoms with Crippen molar-refractivity contribution in [3.05, 3.63) is 57.5 Å². The Morgan fingerprint density at radius 2 is 2.09 bits per heavy atom. The number of anilines is 1. The first kappa shape index (κ1) is 16.5. The van der Waals surface area contributed by atoms with Crippen LogP contribution in [0.2, 0.25) is 5.02 Å². The number of nitro groups is 1. The van der Waals surface area contributed by atoms with Crippen LogP contribution < -0.4 is 10.6 Å². The molecule has 2 N–H and O–H groups in total. The lowest BCUT2D eigenvalue weighted by Crippen LogP contribution is -2.27. The molecule has 1 aromatic heterocycles. The molecule has 2 amide bonds. The second kappa shape index (κ2) is 7.41. The van der Waals surface area contributed by atoms with Crippen LogP contribution in [0.5, 0.6) is 0 Å². The summed E-state index contributed by atoms with van der Waals surface area (Å²) >= 11 is 5.68. The fraction of sp³-hybridized carbons (Fsp3) is 0.143. The van der Waals surface area contributed by atoms with Gasteiger partial charge in [0.1, 0.15) is 5.02 Å². The summed E-state index contributed by atoms with van der Waals surface area (Å²) in [6, 6.07) is 7.03. The monoisotopic (exact) mass is 337 g/mol. The predicted molar refractivity (Wildman–Crippen MR) is 82.4 cm³/mol. The minimum Gasteiger partial charge on any atom is -0.459 e. The van der Waals surface area contributed by atoms with Gasteiger partial charge in [0.25, 0.3) is 11.6 Å². The molecule has 0 aliphatic rings. The molecule has 0 saturated heterocycles. The second-order valence-electron chi connectivity index (χ2n) is 4.45. The average Bonchev–Trinajstić information content (AvgIpc) is 3.03. The Morgan fingerprint density at radius 1 is 1.30 bits per heavy atom. The maximum atomic E-state index is 11.8. The largest absolute Gasteiger partial charge is 0.459 e. The number of nitro benzene ring substituents is 1. The van der Waals surface area contributed by atoms with Crippen LogP contribution in [0.4, 0.5) is 11.4 Å². The number of hydrogen-bond acceptors (Lipinski definition) is 5. The van der Waals surface area contributed by atoms with Crippen molar-refractivity contribution in [3.8, 4) is 0 Å². The summed E-state index contributed by atoms with van der Waals surface area (Å²) in [4.78, 5) is 33.5. The van der Waals surface area contributed by atoms with E-state index >= 15 is 0 Å². The number of carbonyl (C=O) groups is 2. The summed E-state index contributed by atoms with van der Waals surface area (Å²) in [5, 5.41) is 15.8. The number of carbonyl (C=O) groups excluding carboxylic acids is 2. The molecule has 0 saturated carbocycles. The van der Waals surface area contributed by atoms with Crippen molar-refractivity contribution in [2.75, 3.05) is 11.9 Å². The lowest BCUT2D eigenvalue weighted by Gasteiger charge is -2.06. The van der Waals surface area contributed by atoms with Crippen molar-refractivity contribution in [2.24, 2.45) is 0 Å². The van der Waals surface area contributed by atoms with Gasteiger partial charge in [-0.25, -0.2) is 0 Å². The smallest absolute Gasteiger partial charge is 0.289 e. The minimum absolute atomic E-state index is 0.00285. The van der Waals surface area contributed by atoms with E-state index in [4.69, 9.17) is 16.0 Å². The third-order valence-electron chi connectivity index (χ3n) is 2.81. The van der Waals surface area contributed by atoms with Crippen LogP contribution in [0.3, 0.4) is 0 Å². The zero-order valence-corrected chi connectivity index (χ0v) is 12.5. The molecule has 0 aliphatic heterocycles. The van der Waals surface area contributed by atoms with Crippen molar-refractivity contribution >= 4 is 34.8 Å². The van der Waals surface area contributed by atoms with Gasteiger partial charge in [0.05, 0.1) is 11.2 Å². The van der Waals surface area contributed by atoms with Gasteiger partial charge < -0.3 is 15.1 Å². The minimum atomic E-state index is -0.637. The van der Waals surface area contributed by atoms with E-state index in [1.807, 2.05) is 0 Å². The summed E-state index contributed by atoms with van der Waals surface area (Å²) in [7, 11) is 0. The first-order valence-electron chi connectivity index (χ1n) is 6.53. The number of rotatable bonds is 6. The molecule has 8 nitrogen and oxygen atoms in total. The van der Waals surface area contributed by atoms with Crippen LogP contribution in [0.15, 0.2) is 41.0 Å². The Bertz CT molecular complexity index is 730. The molecule has 1 aromatic carbocycles. The van der Waals surface area contributed by atoms with E-state index < -0.39 is 16.7 Å². The zero-order valence-electron chi connectivity index (χ0n) is 11.7. The normalized spacial score (nSPS) is 10.1. The SMILES string of the molecule is O=C(CCNC(=O)c1ccco1)Nc1ccc(Cl)c([N+](=O)[O-])c1. The van der Waals surface area contributed by atoms with Gasteiger partial charge in [0.2, 0.25) is 5.91 Å². The van der Waals surface area contributed by atoms with E-state index in [0.29, 0.717) is 0 Å². The predicted octanol–water partition coefficient (Wildman–Crippen LogP) is 2.60. The first-order chi connectivity index (χ1) is 11.0. The number of nitrogens with zero attached hydrogens (tertiary/aromatic N) is 1. The summed E-state index contributed by atoms with van der Waals surface area (Å²) in [6.07, 6.45) is 1.37. The van der Waals surface area contributed by atoms with Crippen molar-refractivity contribution in [2.45, 2.75) is 6.42 Å². The van der Waals surface area contributed by atoms with Crippen molar-refractivity contribution in [1.29, 1.82) is 0 Å². The van der Waals surface area contributed by atoms with Gasteiger partial charge >= 0.3 is 0 Å². The summed E-state index contributed by atoms with van der Waals surface area (Å²) < 4.78 is 4.91. The number of furan rings is 1. The van der Waals surface area contributed by atoms with Gasteiger partial charge in [-0.3, -0.25) is 19.7 Å². The van der Waals surface area contributed by atoms with Gasteiger partial charge in [0.15, 0.2) is 5.76 Å².